The Hall–Kier alpha value is -1.71. The Morgan fingerprint density at radius 3 is 2.29 bits per heavy atom. The first-order valence-corrected chi connectivity index (χ1v) is 6.77. The van der Waals surface area contributed by atoms with Crippen LogP contribution in [-0.4, -0.2) is 39.5 Å². The molecule has 0 unspecified atom stereocenters. The number of nitrogens with zero attached hydrogens (tertiary/aromatic N) is 3. The molecule has 1 saturated heterocycles. The number of ether oxygens (including phenoxy) is 3. The Bertz CT molecular complexity index is 423. The quantitative estimate of drug-likeness (QED) is 0.777. The molecule has 1 aromatic carbocycles. The first-order valence-electron chi connectivity index (χ1n) is 6.77. The summed E-state index contributed by atoms with van der Waals surface area (Å²) in [5.41, 5.74) is 1.10. The van der Waals surface area contributed by atoms with Crippen molar-refractivity contribution in [2.75, 3.05) is 44.4 Å². The molecule has 0 atom stereocenters. The summed E-state index contributed by atoms with van der Waals surface area (Å²) in [5.74, 6) is 1.81. The monoisotopic (exact) mass is 315 g/mol. The van der Waals surface area contributed by atoms with E-state index in [0.29, 0.717) is 13.2 Å². The van der Waals surface area contributed by atoms with Crippen LogP contribution in [0.15, 0.2) is 18.2 Å². The fourth-order valence-electron chi connectivity index (χ4n) is 2.08. The molecule has 0 spiro atoms. The Morgan fingerprint density at radius 2 is 1.71 bits per heavy atom. The van der Waals surface area contributed by atoms with Gasteiger partial charge in [-0.25, -0.2) is 0 Å². The largest absolute Gasteiger partial charge is 0.494 e. The van der Waals surface area contributed by atoms with Crippen LogP contribution in [0.25, 0.3) is 0 Å². The van der Waals surface area contributed by atoms with Crippen LogP contribution in [0, 0.1) is 10.8 Å². The van der Waals surface area contributed by atoms with Crippen LogP contribution < -0.4 is 14.4 Å². The van der Waals surface area contributed by atoms with Gasteiger partial charge < -0.3 is 19.1 Å². The van der Waals surface area contributed by atoms with E-state index in [-0.39, 0.29) is 12.4 Å². The molecule has 0 aliphatic carbocycles. The van der Waals surface area contributed by atoms with Gasteiger partial charge in [0.2, 0.25) is 0 Å². The molecule has 0 amide bonds. The van der Waals surface area contributed by atoms with E-state index in [2.05, 4.69) is 11.0 Å². The van der Waals surface area contributed by atoms with E-state index in [9.17, 15) is 0 Å². The molecule has 1 aliphatic rings. The minimum absolute atomic E-state index is 0. The summed E-state index contributed by atoms with van der Waals surface area (Å²) in [4.78, 5) is 2.29. The Labute approximate surface area is 131 Å². The maximum Gasteiger partial charge on any atom is 0.142 e. The highest BCUT2D eigenvalue weighted by molar-refractivity contribution is 5.85. The van der Waals surface area contributed by atoms with E-state index >= 15 is 0 Å². The van der Waals surface area contributed by atoms with Gasteiger partial charge in [0.25, 0.3) is 0 Å². The zero-order valence-electron chi connectivity index (χ0n) is 12.4. The lowest BCUT2D eigenvalue weighted by molar-refractivity contribution is 0.122. The van der Waals surface area contributed by atoms with Crippen LogP contribution in [0.5, 0.6) is 11.5 Å². The molecule has 7 heteroatoms. The van der Waals surface area contributed by atoms with E-state index < -0.39 is 0 Å². The lowest BCUT2D eigenvalue weighted by Gasteiger charge is -2.30. The minimum Gasteiger partial charge on any atom is -0.494 e. The van der Waals surface area contributed by atoms with E-state index in [4.69, 9.17) is 25.0 Å². The van der Waals surface area contributed by atoms with E-state index in [1.165, 1.54) is 0 Å². The van der Waals surface area contributed by atoms with Gasteiger partial charge in [-0.1, -0.05) is 0 Å². The van der Waals surface area contributed by atoms with Crippen molar-refractivity contribution in [3.63, 3.8) is 0 Å². The molecular weight excluding hydrogens is 294 g/mol. The zero-order valence-corrected chi connectivity index (χ0v) is 13.3. The van der Waals surface area contributed by atoms with Crippen LogP contribution in [-0.2, 0) is 4.74 Å². The van der Waals surface area contributed by atoms with E-state index in [0.717, 1.165) is 43.5 Å². The summed E-state index contributed by atoms with van der Waals surface area (Å²) >= 11 is 0. The number of anilines is 1. The summed E-state index contributed by atoms with van der Waals surface area (Å²) in [6, 6.07) is 6.00. The van der Waals surface area contributed by atoms with E-state index in [1.807, 2.05) is 26.0 Å². The van der Waals surface area contributed by atoms with Gasteiger partial charge in [-0.3, -0.25) is 0 Å². The second kappa shape index (κ2) is 11.0. The van der Waals surface area contributed by atoms with Gasteiger partial charge in [0, 0.05) is 29.9 Å². The van der Waals surface area contributed by atoms with Gasteiger partial charge in [-0.2, -0.15) is 0 Å². The predicted octanol–water partition coefficient (Wildman–Crippen LogP) is 2.77. The molecule has 1 fully saturated rings. The molecule has 0 saturated carbocycles. The highest BCUT2D eigenvalue weighted by atomic mass is 35.5. The Kier molecular flexibility index (Phi) is 10.1. The van der Waals surface area contributed by atoms with Gasteiger partial charge >= 0.3 is 0 Å². The van der Waals surface area contributed by atoms with Crippen LogP contribution in [0.2, 0.25) is 0 Å². The maximum atomic E-state index is 6.00. The third-order valence-corrected chi connectivity index (χ3v) is 2.89. The second-order valence-corrected chi connectivity index (χ2v) is 4.09. The molecule has 6 nitrogen and oxygen atoms in total. The number of benzene rings is 1. The standard InChI is InChI=1S/C14H21NO3.ClH.N2/c1-3-17-12-5-6-14(18-4-2)13(11-12)15-7-9-16-10-8-15;;1-2/h5-6,11H,3-4,7-10H2,1-2H3;1H;. The SMILES string of the molecule is CCOc1ccc(OCC)c(N2CCOCC2)c1.Cl.N#N. The molecule has 1 aromatic rings. The van der Waals surface area contributed by atoms with Crippen LogP contribution in [0.1, 0.15) is 13.8 Å². The Morgan fingerprint density at radius 1 is 1.10 bits per heavy atom. The number of hydrogen-bond donors (Lipinski definition) is 0. The molecule has 0 radical (unpaired) electrons. The fraction of sp³-hybridized carbons (Fsp3) is 0.571. The summed E-state index contributed by atoms with van der Waals surface area (Å²) in [6.07, 6.45) is 0. The smallest absolute Gasteiger partial charge is 0.142 e. The van der Waals surface area contributed by atoms with Crippen molar-refractivity contribution in [1.82, 2.24) is 0 Å². The third kappa shape index (κ3) is 5.66. The van der Waals surface area contributed by atoms with Crippen LogP contribution in [0.4, 0.5) is 5.69 Å². The molecule has 118 valence electrons. The second-order valence-electron chi connectivity index (χ2n) is 4.09. The molecule has 0 aromatic heterocycles. The first-order chi connectivity index (χ1) is 9.85. The summed E-state index contributed by atoms with van der Waals surface area (Å²) in [5, 5.41) is 12.0. The van der Waals surface area contributed by atoms with Crippen molar-refractivity contribution in [2.24, 2.45) is 0 Å². The van der Waals surface area contributed by atoms with Gasteiger partial charge in [0.1, 0.15) is 11.5 Å². The lowest BCUT2D eigenvalue weighted by Crippen LogP contribution is -2.36. The third-order valence-electron chi connectivity index (χ3n) is 2.89. The molecular formula is C14H22ClN3O3. The zero-order chi connectivity index (χ0) is 14.8. The average molecular weight is 316 g/mol. The number of halogens is 1. The topological polar surface area (TPSA) is 78.5 Å². The average Bonchev–Trinajstić information content (AvgIpc) is 2.52. The number of hydrogen-bond acceptors (Lipinski definition) is 6. The van der Waals surface area contributed by atoms with Gasteiger partial charge in [0.15, 0.2) is 0 Å². The van der Waals surface area contributed by atoms with Crippen molar-refractivity contribution in [1.29, 1.82) is 10.8 Å². The molecule has 0 bridgehead atoms. The minimum atomic E-state index is 0. The summed E-state index contributed by atoms with van der Waals surface area (Å²) in [7, 11) is 0. The maximum absolute atomic E-state index is 6.00. The molecule has 2 rings (SSSR count). The summed E-state index contributed by atoms with van der Waals surface area (Å²) in [6.45, 7) is 8.67. The van der Waals surface area contributed by atoms with Crippen molar-refractivity contribution in [3.8, 4) is 11.5 Å². The normalized spacial score (nSPS) is 13.4. The van der Waals surface area contributed by atoms with E-state index in [1.54, 1.807) is 0 Å². The van der Waals surface area contributed by atoms with Gasteiger partial charge in [-0.15, -0.1) is 12.4 Å². The lowest BCUT2D eigenvalue weighted by atomic mass is 10.2. The fourth-order valence-corrected chi connectivity index (χ4v) is 2.08. The Balaban J connectivity index is 0.00000128. The van der Waals surface area contributed by atoms with Crippen molar-refractivity contribution < 1.29 is 14.2 Å². The van der Waals surface area contributed by atoms with Crippen LogP contribution >= 0.6 is 12.4 Å². The highest BCUT2D eigenvalue weighted by Crippen LogP contribution is 2.33. The molecule has 21 heavy (non-hydrogen) atoms. The molecule has 0 N–H and O–H groups in total. The van der Waals surface area contributed by atoms with Gasteiger partial charge in [0.05, 0.1) is 32.1 Å². The molecule has 1 aliphatic heterocycles. The summed E-state index contributed by atoms with van der Waals surface area (Å²) < 4.78 is 16.6. The highest BCUT2D eigenvalue weighted by Gasteiger charge is 2.16. The first kappa shape index (κ1) is 19.3. The number of morpholine rings is 1. The van der Waals surface area contributed by atoms with Crippen LogP contribution in [0.3, 0.4) is 0 Å². The molecule has 1 heterocycles. The van der Waals surface area contributed by atoms with Crippen molar-refractivity contribution in [2.45, 2.75) is 13.8 Å². The predicted molar refractivity (Wildman–Crippen MR) is 82.5 cm³/mol. The number of rotatable bonds is 5. The van der Waals surface area contributed by atoms with Crippen molar-refractivity contribution in [3.05, 3.63) is 18.2 Å². The van der Waals surface area contributed by atoms with Gasteiger partial charge in [-0.05, 0) is 26.0 Å². The van der Waals surface area contributed by atoms with Crippen molar-refractivity contribution >= 4 is 18.1 Å².